The number of carboxylic acid groups (broad SMARTS) is 1. The quantitative estimate of drug-likeness (QED) is 0.564. The van der Waals surface area contributed by atoms with Gasteiger partial charge in [-0.2, -0.15) is 0 Å². The van der Waals surface area contributed by atoms with E-state index in [1.165, 1.54) is 0 Å². The van der Waals surface area contributed by atoms with Crippen molar-refractivity contribution in [3.05, 3.63) is 0 Å². The van der Waals surface area contributed by atoms with Crippen molar-refractivity contribution in [1.29, 1.82) is 0 Å². The van der Waals surface area contributed by atoms with E-state index in [1.807, 2.05) is 0 Å². The monoisotopic (exact) mass is 314 g/mol. The predicted molar refractivity (Wildman–Crippen MR) is 72.8 cm³/mol. The van der Waals surface area contributed by atoms with Crippen LogP contribution in [-0.4, -0.2) is 53.9 Å². The summed E-state index contributed by atoms with van der Waals surface area (Å²) in [4.78, 5) is 23.9. The summed E-state index contributed by atoms with van der Waals surface area (Å²) in [6, 6.07) is 0. The molecule has 3 aliphatic rings. The van der Waals surface area contributed by atoms with Crippen LogP contribution in [0.15, 0.2) is 0 Å². The van der Waals surface area contributed by atoms with Gasteiger partial charge in [-0.1, -0.05) is 0 Å². The lowest BCUT2D eigenvalue weighted by Gasteiger charge is -2.28. The van der Waals surface area contributed by atoms with Gasteiger partial charge >= 0.3 is 11.9 Å². The third-order valence-corrected chi connectivity index (χ3v) is 5.05. The molecule has 0 aromatic carbocycles. The Kier molecular flexibility index (Phi) is 4.13. The maximum absolute atomic E-state index is 12.2. The van der Waals surface area contributed by atoms with Gasteiger partial charge in [0.1, 0.15) is 0 Å². The van der Waals surface area contributed by atoms with E-state index in [-0.39, 0.29) is 12.9 Å². The molecule has 1 aliphatic heterocycles. The number of ether oxygens (including phenoxy) is 3. The molecule has 6 unspecified atom stereocenters. The Hall–Kier alpha value is -1.18. The van der Waals surface area contributed by atoms with Crippen LogP contribution in [0.25, 0.3) is 0 Å². The summed E-state index contributed by atoms with van der Waals surface area (Å²) in [6.07, 6.45) is 1.35. The van der Waals surface area contributed by atoms with Crippen molar-refractivity contribution >= 4 is 11.9 Å². The second-order valence-corrected chi connectivity index (χ2v) is 6.22. The highest BCUT2D eigenvalue weighted by molar-refractivity contribution is 6.04. The first-order chi connectivity index (χ1) is 10.5. The molecule has 0 aromatic heterocycles. The van der Waals surface area contributed by atoms with Crippen LogP contribution in [0, 0.1) is 17.3 Å². The fraction of sp³-hybridized carbons (Fsp3) is 0.867. The van der Waals surface area contributed by atoms with Gasteiger partial charge in [0.15, 0.2) is 11.7 Å². The van der Waals surface area contributed by atoms with Crippen LogP contribution >= 0.6 is 0 Å². The second kappa shape index (κ2) is 5.79. The number of aliphatic carboxylic acids is 1. The zero-order valence-corrected chi connectivity index (χ0v) is 12.6. The largest absolute Gasteiger partial charge is 0.480 e. The average molecular weight is 314 g/mol. The van der Waals surface area contributed by atoms with Crippen molar-refractivity contribution in [2.75, 3.05) is 13.2 Å². The first kappa shape index (κ1) is 15.7. The molecular formula is C15H22O7. The molecule has 22 heavy (non-hydrogen) atoms. The van der Waals surface area contributed by atoms with Crippen molar-refractivity contribution in [2.45, 2.75) is 51.1 Å². The van der Waals surface area contributed by atoms with E-state index in [2.05, 4.69) is 0 Å². The maximum atomic E-state index is 12.2. The standard InChI is InChI=1S/C15H22O7/c1-2-20-14(19)15(13(17)18)11-8(16)7-9(12(11)15)22-10-5-3-4-6-21-10/h8-12,16H,2-7H2,1H3,(H,17,18). The Morgan fingerprint density at radius 1 is 1.32 bits per heavy atom. The second-order valence-electron chi connectivity index (χ2n) is 6.22. The van der Waals surface area contributed by atoms with Gasteiger partial charge in [-0.25, -0.2) is 0 Å². The molecule has 0 bridgehead atoms. The van der Waals surface area contributed by atoms with E-state index in [0.717, 1.165) is 19.3 Å². The Morgan fingerprint density at radius 2 is 2.09 bits per heavy atom. The first-order valence-electron chi connectivity index (χ1n) is 7.89. The zero-order valence-electron chi connectivity index (χ0n) is 12.6. The van der Waals surface area contributed by atoms with Crippen LogP contribution in [0.2, 0.25) is 0 Å². The lowest BCUT2D eigenvalue weighted by molar-refractivity contribution is -0.198. The molecule has 7 heteroatoms. The molecule has 0 amide bonds. The normalized spacial score (nSPS) is 43.5. The molecule has 0 spiro atoms. The van der Waals surface area contributed by atoms with E-state index in [4.69, 9.17) is 14.2 Å². The fourth-order valence-electron chi connectivity index (χ4n) is 4.09. The highest BCUT2D eigenvalue weighted by atomic mass is 16.7. The molecule has 2 saturated carbocycles. The Labute approximate surface area is 128 Å². The molecule has 2 aliphatic carbocycles. The van der Waals surface area contributed by atoms with Crippen LogP contribution in [0.1, 0.15) is 32.6 Å². The zero-order chi connectivity index (χ0) is 15.9. The maximum Gasteiger partial charge on any atom is 0.324 e. The number of hydrogen-bond acceptors (Lipinski definition) is 6. The Balaban J connectivity index is 1.75. The molecule has 2 N–H and O–H groups in total. The van der Waals surface area contributed by atoms with Crippen LogP contribution in [0.4, 0.5) is 0 Å². The van der Waals surface area contributed by atoms with Gasteiger partial charge in [0.25, 0.3) is 0 Å². The smallest absolute Gasteiger partial charge is 0.324 e. The van der Waals surface area contributed by atoms with Crippen LogP contribution in [-0.2, 0) is 23.8 Å². The summed E-state index contributed by atoms with van der Waals surface area (Å²) in [7, 11) is 0. The summed E-state index contributed by atoms with van der Waals surface area (Å²) in [5.41, 5.74) is -1.66. The van der Waals surface area contributed by atoms with Crippen LogP contribution < -0.4 is 0 Å². The predicted octanol–water partition coefficient (Wildman–Crippen LogP) is 0.543. The topological polar surface area (TPSA) is 102 Å². The van der Waals surface area contributed by atoms with Crippen molar-refractivity contribution in [3.63, 3.8) is 0 Å². The van der Waals surface area contributed by atoms with Crippen molar-refractivity contribution in [3.8, 4) is 0 Å². The number of carbonyl (C=O) groups is 2. The summed E-state index contributed by atoms with van der Waals surface area (Å²) in [5, 5.41) is 19.7. The van der Waals surface area contributed by atoms with E-state index in [0.29, 0.717) is 13.0 Å². The molecule has 6 atom stereocenters. The van der Waals surface area contributed by atoms with Crippen LogP contribution in [0.5, 0.6) is 0 Å². The van der Waals surface area contributed by atoms with E-state index in [9.17, 15) is 19.8 Å². The third-order valence-electron chi connectivity index (χ3n) is 5.05. The number of esters is 1. The SMILES string of the molecule is CCOC(=O)C1(C(=O)O)C2C(O)CC(OC3CCCCO3)C21. The Bertz CT molecular complexity index is 459. The molecule has 0 aromatic rings. The number of fused-ring (bicyclic) bond motifs is 1. The number of aliphatic hydroxyl groups is 1. The van der Waals surface area contributed by atoms with E-state index >= 15 is 0 Å². The first-order valence-corrected chi connectivity index (χ1v) is 7.89. The van der Waals surface area contributed by atoms with Gasteiger partial charge < -0.3 is 24.4 Å². The van der Waals surface area contributed by atoms with Crippen molar-refractivity contribution < 1.29 is 34.0 Å². The highest BCUT2D eigenvalue weighted by Crippen LogP contribution is 2.68. The minimum Gasteiger partial charge on any atom is -0.480 e. The highest BCUT2D eigenvalue weighted by Gasteiger charge is 2.83. The summed E-state index contributed by atoms with van der Waals surface area (Å²) in [5.74, 6) is -3.17. The number of rotatable bonds is 5. The van der Waals surface area contributed by atoms with Gasteiger partial charge in [0.05, 0.1) is 18.8 Å². The molecule has 3 fully saturated rings. The van der Waals surface area contributed by atoms with Gasteiger partial charge in [0.2, 0.25) is 0 Å². The number of carbonyl (C=O) groups excluding carboxylic acids is 1. The molecule has 1 heterocycles. The molecular weight excluding hydrogens is 292 g/mol. The van der Waals surface area contributed by atoms with Crippen LogP contribution in [0.3, 0.4) is 0 Å². The summed E-state index contributed by atoms with van der Waals surface area (Å²) >= 11 is 0. The van der Waals surface area contributed by atoms with Gasteiger partial charge in [-0.05, 0) is 26.2 Å². The average Bonchev–Trinajstić information content (AvgIpc) is 3.10. The lowest BCUT2D eigenvalue weighted by Crippen LogP contribution is -2.39. The fourth-order valence-corrected chi connectivity index (χ4v) is 4.09. The van der Waals surface area contributed by atoms with Crippen molar-refractivity contribution in [2.24, 2.45) is 17.3 Å². The van der Waals surface area contributed by atoms with Crippen molar-refractivity contribution in [1.82, 2.24) is 0 Å². The summed E-state index contributed by atoms with van der Waals surface area (Å²) < 4.78 is 16.3. The Morgan fingerprint density at radius 3 is 2.68 bits per heavy atom. The molecule has 7 nitrogen and oxygen atoms in total. The lowest BCUT2D eigenvalue weighted by atomic mass is 9.93. The molecule has 3 rings (SSSR count). The minimum absolute atomic E-state index is 0.112. The number of carboxylic acids is 1. The molecule has 0 radical (unpaired) electrons. The third kappa shape index (κ3) is 2.23. The van der Waals surface area contributed by atoms with Gasteiger partial charge in [-0.15, -0.1) is 0 Å². The molecule has 1 saturated heterocycles. The minimum atomic E-state index is -1.66. The number of aliphatic hydroxyl groups excluding tert-OH is 1. The van der Waals surface area contributed by atoms with Gasteiger partial charge in [0, 0.05) is 24.9 Å². The van der Waals surface area contributed by atoms with E-state index in [1.54, 1.807) is 6.92 Å². The molecule has 124 valence electrons. The number of hydrogen-bond donors (Lipinski definition) is 2. The van der Waals surface area contributed by atoms with E-state index < -0.39 is 41.4 Å². The van der Waals surface area contributed by atoms with Gasteiger partial charge in [-0.3, -0.25) is 9.59 Å². The summed E-state index contributed by atoms with van der Waals surface area (Å²) in [6.45, 7) is 2.36.